The molecule has 0 atom stereocenters. The normalized spacial score (nSPS) is 12.0. The summed E-state index contributed by atoms with van der Waals surface area (Å²) in [7, 11) is 3.11. The highest BCUT2D eigenvalue weighted by atomic mass is 28.4. The summed E-state index contributed by atoms with van der Waals surface area (Å²) in [6.45, 7) is 2.12. The van der Waals surface area contributed by atoms with Gasteiger partial charge in [-0.1, -0.05) is 13.3 Å². The molecule has 0 fully saturated rings. The van der Waals surface area contributed by atoms with Crippen LogP contribution in [0.5, 0.6) is 0 Å². The van der Waals surface area contributed by atoms with Gasteiger partial charge in [0.05, 0.1) is 6.23 Å². The van der Waals surface area contributed by atoms with E-state index in [2.05, 4.69) is 6.92 Å². The fourth-order valence-corrected chi connectivity index (χ4v) is 3.23. The van der Waals surface area contributed by atoms with Crippen LogP contribution < -0.4 is 0 Å². The molecule has 0 aliphatic heterocycles. The second-order valence-corrected chi connectivity index (χ2v) is 5.93. The van der Waals surface area contributed by atoms with Crippen LogP contribution in [0.2, 0.25) is 6.04 Å². The van der Waals surface area contributed by atoms with Crippen molar-refractivity contribution in [3.8, 4) is 0 Å². The first-order chi connectivity index (χ1) is 5.24. The molecule has 0 heterocycles. The van der Waals surface area contributed by atoms with E-state index in [1.807, 2.05) is 0 Å². The van der Waals surface area contributed by atoms with Crippen molar-refractivity contribution in [1.29, 1.82) is 0 Å². The monoisotopic (exact) mass is 178 g/mol. The van der Waals surface area contributed by atoms with Crippen LogP contribution >= 0.6 is 0 Å². The van der Waals surface area contributed by atoms with Crippen molar-refractivity contribution < 1.29 is 13.6 Å². The third kappa shape index (κ3) is 3.33. The van der Waals surface area contributed by atoms with Crippen LogP contribution in [0.25, 0.3) is 0 Å². The molecule has 0 spiro atoms. The number of rotatable bonds is 6. The predicted octanol–water partition coefficient (Wildman–Crippen LogP) is 1.32. The summed E-state index contributed by atoms with van der Waals surface area (Å²) in [6.07, 6.45) is 1.70. The molecule has 11 heavy (non-hydrogen) atoms. The molecule has 4 heteroatoms. The Morgan fingerprint density at radius 2 is 1.64 bits per heavy atom. The fraction of sp³-hybridized carbons (Fsp3) is 1.00. The highest BCUT2D eigenvalue weighted by Crippen LogP contribution is 2.13. The Balaban J connectivity index is 3.96. The maximum atomic E-state index is 5.36. The summed E-state index contributed by atoms with van der Waals surface area (Å²) in [4.78, 5) is 0. The van der Waals surface area contributed by atoms with Crippen molar-refractivity contribution in [2.45, 2.75) is 19.4 Å². The van der Waals surface area contributed by atoms with E-state index in [9.17, 15) is 0 Å². The molecule has 0 aromatic rings. The van der Waals surface area contributed by atoms with Crippen molar-refractivity contribution in [3.63, 3.8) is 0 Å². The molecule has 0 bridgehead atoms. The lowest BCUT2D eigenvalue weighted by molar-refractivity contribution is 0.163. The van der Waals surface area contributed by atoms with E-state index in [0.29, 0.717) is 6.23 Å². The van der Waals surface area contributed by atoms with Gasteiger partial charge >= 0.3 is 8.56 Å². The van der Waals surface area contributed by atoms with Gasteiger partial charge in [0.15, 0.2) is 0 Å². The van der Waals surface area contributed by atoms with Crippen LogP contribution in [-0.4, -0.2) is 36.1 Å². The van der Waals surface area contributed by atoms with Crippen LogP contribution in [0.4, 0.5) is 0 Å². The first kappa shape index (κ1) is 11.1. The van der Waals surface area contributed by atoms with Gasteiger partial charge in [0.25, 0.3) is 0 Å². The van der Waals surface area contributed by atoms with Crippen LogP contribution in [0.3, 0.4) is 0 Å². The molecule has 0 amide bonds. The summed E-state index contributed by atoms with van der Waals surface area (Å²) in [6, 6.07) is 0.994. The fourth-order valence-electron chi connectivity index (χ4n) is 1.08. The van der Waals surface area contributed by atoms with E-state index < -0.39 is 8.56 Å². The predicted molar refractivity (Wildman–Crippen MR) is 46.7 cm³/mol. The Bertz CT molecular complexity index is 85.7. The van der Waals surface area contributed by atoms with Crippen molar-refractivity contribution in [2.75, 3.05) is 27.6 Å². The van der Waals surface area contributed by atoms with Gasteiger partial charge in [0, 0.05) is 21.3 Å². The molecule has 0 aliphatic carbocycles. The largest absolute Gasteiger partial charge is 0.396 e. The van der Waals surface area contributed by atoms with Gasteiger partial charge in [0.1, 0.15) is 0 Å². The molecule has 0 aromatic carbocycles. The lowest BCUT2D eigenvalue weighted by atomic mass is 10.6. The van der Waals surface area contributed by atoms with Gasteiger partial charge in [-0.3, -0.25) is 0 Å². The average molecular weight is 178 g/mol. The van der Waals surface area contributed by atoms with E-state index in [-0.39, 0.29) is 0 Å². The van der Waals surface area contributed by atoms with Crippen LogP contribution in [0.1, 0.15) is 13.3 Å². The Morgan fingerprint density at radius 3 is 1.91 bits per heavy atom. The third-order valence-electron chi connectivity index (χ3n) is 1.74. The molecule has 0 N–H and O–H groups in total. The highest BCUT2D eigenvalue weighted by Gasteiger charge is 2.34. The van der Waals surface area contributed by atoms with E-state index >= 15 is 0 Å². The first-order valence-electron chi connectivity index (χ1n) is 3.84. The van der Waals surface area contributed by atoms with Gasteiger partial charge in [-0.05, 0) is 6.04 Å². The quantitative estimate of drug-likeness (QED) is 0.574. The summed E-state index contributed by atoms with van der Waals surface area (Å²) < 4.78 is 15.8. The van der Waals surface area contributed by atoms with Gasteiger partial charge in [0.2, 0.25) is 0 Å². The number of methoxy groups -OCH3 is 1. The third-order valence-corrected chi connectivity index (χ3v) is 5.22. The summed E-state index contributed by atoms with van der Waals surface area (Å²) >= 11 is 0. The van der Waals surface area contributed by atoms with E-state index in [4.69, 9.17) is 13.6 Å². The first-order valence-corrected chi connectivity index (χ1v) is 6.07. The molecule has 0 saturated carbocycles. The van der Waals surface area contributed by atoms with Crippen molar-refractivity contribution >= 4 is 8.56 Å². The molecule has 3 nitrogen and oxygen atoms in total. The lowest BCUT2D eigenvalue weighted by Crippen LogP contribution is -2.45. The molecule has 0 saturated heterocycles. The Labute approximate surface area is 69.9 Å². The topological polar surface area (TPSA) is 27.7 Å². The number of hydrogen-bond acceptors (Lipinski definition) is 3. The zero-order valence-corrected chi connectivity index (χ0v) is 8.85. The van der Waals surface area contributed by atoms with Gasteiger partial charge in [-0.25, -0.2) is 0 Å². The Kier molecular flexibility index (Phi) is 5.76. The van der Waals surface area contributed by atoms with E-state index in [1.165, 1.54) is 0 Å². The number of hydrogen-bond donors (Lipinski definition) is 0. The molecule has 0 aliphatic rings. The molecule has 68 valence electrons. The van der Waals surface area contributed by atoms with Gasteiger partial charge in [-0.15, -0.1) is 0 Å². The van der Waals surface area contributed by atoms with Crippen molar-refractivity contribution in [1.82, 2.24) is 0 Å². The summed E-state index contributed by atoms with van der Waals surface area (Å²) in [5.41, 5.74) is 0. The minimum atomic E-state index is -1.97. The van der Waals surface area contributed by atoms with Crippen molar-refractivity contribution in [3.05, 3.63) is 0 Å². The standard InChI is InChI=1S/C7H18O3Si/c1-5-6-11(9-3,10-4)7-8-2/h5-7H2,1-4H3. The Morgan fingerprint density at radius 1 is 1.09 bits per heavy atom. The zero-order valence-electron chi connectivity index (χ0n) is 7.85. The lowest BCUT2D eigenvalue weighted by Gasteiger charge is -2.25. The van der Waals surface area contributed by atoms with Gasteiger partial charge < -0.3 is 13.6 Å². The van der Waals surface area contributed by atoms with Crippen LogP contribution in [-0.2, 0) is 13.6 Å². The maximum Gasteiger partial charge on any atom is 0.364 e. The average Bonchev–Trinajstić information content (AvgIpc) is 2.04. The minimum Gasteiger partial charge on any atom is -0.396 e. The SMILES string of the molecule is CCC[Si](COC)(OC)OC. The second-order valence-electron chi connectivity index (χ2n) is 2.50. The molecular weight excluding hydrogens is 160 g/mol. The molecule has 0 rings (SSSR count). The van der Waals surface area contributed by atoms with E-state index in [1.54, 1.807) is 21.3 Å². The molecule has 0 radical (unpaired) electrons. The second kappa shape index (κ2) is 5.71. The molecule has 0 aromatic heterocycles. The van der Waals surface area contributed by atoms with Crippen LogP contribution in [0, 0.1) is 0 Å². The van der Waals surface area contributed by atoms with E-state index in [0.717, 1.165) is 12.5 Å². The summed E-state index contributed by atoms with van der Waals surface area (Å²) in [5, 5.41) is 0. The van der Waals surface area contributed by atoms with Crippen LogP contribution in [0.15, 0.2) is 0 Å². The van der Waals surface area contributed by atoms with Crippen molar-refractivity contribution in [2.24, 2.45) is 0 Å². The minimum absolute atomic E-state index is 0.619. The maximum absolute atomic E-state index is 5.36. The summed E-state index contributed by atoms with van der Waals surface area (Å²) in [5.74, 6) is 0. The Hall–Kier alpha value is 0.0969. The zero-order chi connectivity index (χ0) is 8.74. The smallest absolute Gasteiger partial charge is 0.364 e. The molecular formula is C7H18O3Si. The number of ether oxygens (including phenoxy) is 1. The highest BCUT2D eigenvalue weighted by molar-refractivity contribution is 6.67. The van der Waals surface area contributed by atoms with Gasteiger partial charge in [-0.2, -0.15) is 0 Å². The molecule has 0 unspecified atom stereocenters.